The molecule has 5 heteroatoms. The molecule has 0 aliphatic carbocycles. The summed E-state index contributed by atoms with van der Waals surface area (Å²) in [5.41, 5.74) is 0. The van der Waals surface area contributed by atoms with Crippen molar-refractivity contribution in [3.8, 4) is 0 Å². The Balaban J connectivity index is 1.65. The molecule has 2 rings (SSSR count). The molecule has 0 aromatic heterocycles. The first-order valence-electron chi connectivity index (χ1n) is 6.94. The molecule has 1 N–H and O–H groups in total. The Morgan fingerprint density at radius 3 is 2.61 bits per heavy atom. The van der Waals surface area contributed by atoms with E-state index in [1.54, 1.807) is 4.90 Å². The Kier molecular flexibility index (Phi) is 5.18. The van der Waals surface area contributed by atoms with Gasteiger partial charge in [0.1, 0.15) is 0 Å². The van der Waals surface area contributed by atoms with E-state index in [4.69, 9.17) is 0 Å². The third kappa shape index (κ3) is 3.79. The SMILES string of the molecule is CN(C)C(=O)N1CCC(NCC2CCSC2)CC1. The maximum atomic E-state index is 11.8. The van der Waals surface area contributed by atoms with Gasteiger partial charge in [0.05, 0.1) is 0 Å². The van der Waals surface area contributed by atoms with Crippen molar-refractivity contribution in [2.24, 2.45) is 5.92 Å². The first kappa shape index (κ1) is 14.0. The monoisotopic (exact) mass is 271 g/mol. The van der Waals surface area contributed by atoms with Gasteiger partial charge >= 0.3 is 6.03 Å². The molecule has 4 nitrogen and oxygen atoms in total. The van der Waals surface area contributed by atoms with Gasteiger partial charge in [0, 0.05) is 33.2 Å². The van der Waals surface area contributed by atoms with Gasteiger partial charge in [0.15, 0.2) is 0 Å². The Hall–Kier alpha value is -0.420. The molecular formula is C13H25N3OS. The summed E-state index contributed by atoms with van der Waals surface area (Å²) in [6.45, 7) is 2.96. The van der Waals surface area contributed by atoms with E-state index in [1.807, 2.05) is 19.0 Å². The van der Waals surface area contributed by atoms with Gasteiger partial charge in [-0.1, -0.05) is 0 Å². The van der Waals surface area contributed by atoms with Crippen molar-refractivity contribution in [2.45, 2.75) is 25.3 Å². The number of likely N-dealkylation sites (tertiary alicyclic amines) is 1. The predicted molar refractivity (Wildman–Crippen MR) is 77.1 cm³/mol. The molecule has 0 radical (unpaired) electrons. The number of piperidine rings is 1. The number of rotatable bonds is 3. The highest BCUT2D eigenvalue weighted by Crippen LogP contribution is 2.23. The number of hydrogen-bond donors (Lipinski definition) is 1. The number of nitrogens with one attached hydrogen (secondary N) is 1. The highest BCUT2D eigenvalue weighted by molar-refractivity contribution is 7.99. The predicted octanol–water partition coefficient (Wildman–Crippen LogP) is 1.48. The van der Waals surface area contributed by atoms with Crippen molar-refractivity contribution in [1.29, 1.82) is 0 Å². The van der Waals surface area contributed by atoms with Crippen LogP contribution in [-0.4, -0.2) is 67.1 Å². The molecule has 2 fully saturated rings. The van der Waals surface area contributed by atoms with Crippen LogP contribution < -0.4 is 5.32 Å². The van der Waals surface area contributed by atoms with Crippen LogP contribution in [-0.2, 0) is 0 Å². The largest absolute Gasteiger partial charge is 0.331 e. The molecule has 0 saturated carbocycles. The van der Waals surface area contributed by atoms with Gasteiger partial charge < -0.3 is 15.1 Å². The van der Waals surface area contributed by atoms with E-state index < -0.39 is 0 Å². The third-order valence-electron chi connectivity index (χ3n) is 3.87. The van der Waals surface area contributed by atoms with Crippen LogP contribution in [0.15, 0.2) is 0 Å². The van der Waals surface area contributed by atoms with Gasteiger partial charge in [-0.3, -0.25) is 0 Å². The second kappa shape index (κ2) is 6.66. The summed E-state index contributed by atoms with van der Waals surface area (Å²) < 4.78 is 0. The molecule has 2 amide bonds. The van der Waals surface area contributed by atoms with Gasteiger partial charge in [-0.2, -0.15) is 11.8 Å². The number of thioether (sulfide) groups is 1. The Labute approximate surface area is 114 Å². The van der Waals surface area contributed by atoms with Crippen LogP contribution in [0.25, 0.3) is 0 Å². The summed E-state index contributed by atoms with van der Waals surface area (Å²) in [4.78, 5) is 15.4. The lowest BCUT2D eigenvalue weighted by molar-refractivity contribution is 0.152. The van der Waals surface area contributed by atoms with Crippen molar-refractivity contribution >= 4 is 17.8 Å². The van der Waals surface area contributed by atoms with E-state index in [0.29, 0.717) is 6.04 Å². The number of hydrogen-bond acceptors (Lipinski definition) is 3. The van der Waals surface area contributed by atoms with Crippen LogP contribution in [0.4, 0.5) is 4.79 Å². The molecule has 0 bridgehead atoms. The van der Waals surface area contributed by atoms with E-state index in [2.05, 4.69) is 17.1 Å². The van der Waals surface area contributed by atoms with E-state index in [1.165, 1.54) is 24.5 Å². The van der Waals surface area contributed by atoms with Crippen molar-refractivity contribution in [3.63, 3.8) is 0 Å². The molecule has 2 saturated heterocycles. The molecule has 18 heavy (non-hydrogen) atoms. The molecule has 1 unspecified atom stereocenters. The highest BCUT2D eigenvalue weighted by Gasteiger charge is 2.24. The third-order valence-corrected chi connectivity index (χ3v) is 5.10. The number of nitrogens with zero attached hydrogens (tertiary/aromatic N) is 2. The van der Waals surface area contributed by atoms with Crippen LogP contribution in [0.5, 0.6) is 0 Å². The van der Waals surface area contributed by atoms with E-state index >= 15 is 0 Å². The molecule has 0 aromatic rings. The Morgan fingerprint density at radius 2 is 2.06 bits per heavy atom. The lowest BCUT2D eigenvalue weighted by Crippen LogP contribution is -2.48. The van der Waals surface area contributed by atoms with Crippen LogP contribution in [0.2, 0.25) is 0 Å². The van der Waals surface area contributed by atoms with Crippen LogP contribution in [0.3, 0.4) is 0 Å². The minimum Gasteiger partial charge on any atom is -0.331 e. The lowest BCUT2D eigenvalue weighted by Gasteiger charge is -2.34. The van der Waals surface area contributed by atoms with Gasteiger partial charge in [-0.15, -0.1) is 0 Å². The van der Waals surface area contributed by atoms with Crippen molar-refractivity contribution in [3.05, 3.63) is 0 Å². The number of amides is 2. The minimum atomic E-state index is 0.153. The van der Waals surface area contributed by atoms with Crippen molar-refractivity contribution in [1.82, 2.24) is 15.1 Å². The zero-order chi connectivity index (χ0) is 13.0. The fraction of sp³-hybridized carbons (Fsp3) is 0.923. The van der Waals surface area contributed by atoms with E-state index in [9.17, 15) is 4.79 Å². The standard InChI is InChI=1S/C13H25N3OS/c1-15(2)13(17)16-6-3-12(4-7-16)14-9-11-5-8-18-10-11/h11-12,14H,3-10H2,1-2H3. The van der Waals surface area contributed by atoms with E-state index in [0.717, 1.165) is 31.8 Å². The van der Waals surface area contributed by atoms with Crippen LogP contribution >= 0.6 is 11.8 Å². The summed E-state index contributed by atoms with van der Waals surface area (Å²) in [7, 11) is 3.65. The maximum Gasteiger partial charge on any atom is 0.319 e. The summed E-state index contributed by atoms with van der Waals surface area (Å²) in [5.74, 6) is 3.53. The molecule has 2 aliphatic rings. The second-order valence-electron chi connectivity index (χ2n) is 5.58. The van der Waals surface area contributed by atoms with Gasteiger partial charge in [0.2, 0.25) is 0 Å². The zero-order valence-electron chi connectivity index (χ0n) is 11.5. The summed E-state index contributed by atoms with van der Waals surface area (Å²) in [5, 5.41) is 3.69. The molecule has 0 aromatic carbocycles. The van der Waals surface area contributed by atoms with E-state index in [-0.39, 0.29) is 6.03 Å². The van der Waals surface area contributed by atoms with Gasteiger partial charge in [0.25, 0.3) is 0 Å². The molecule has 104 valence electrons. The molecule has 2 aliphatic heterocycles. The fourth-order valence-electron chi connectivity index (χ4n) is 2.64. The first-order valence-corrected chi connectivity index (χ1v) is 8.09. The van der Waals surface area contributed by atoms with Crippen LogP contribution in [0, 0.1) is 5.92 Å². The summed E-state index contributed by atoms with van der Waals surface area (Å²) in [6, 6.07) is 0.766. The average Bonchev–Trinajstić information content (AvgIpc) is 2.89. The Bertz CT molecular complexity index is 271. The molecule has 2 heterocycles. The van der Waals surface area contributed by atoms with Gasteiger partial charge in [-0.25, -0.2) is 4.79 Å². The number of carbonyl (C=O) groups is 1. The topological polar surface area (TPSA) is 35.6 Å². The normalized spacial score (nSPS) is 25.4. The lowest BCUT2D eigenvalue weighted by atomic mass is 10.0. The minimum absolute atomic E-state index is 0.153. The maximum absolute atomic E-state index is 11.8. The molecule has 0 spiro atoms. The summed E-state index contributed by atoms with van der Waals surface area (Å²) >= 11 is 2.08. The average molecular weight is 271 g/mol. The molecule has 1 atom stereocenters. The van der Waals surface area contributed by atoms with Crippen LogP contribution in [0.1, 0.15) is 19.3 Å². The van der Waals surface area contributed by atoms with Crippen molar-refractivity contribution < 1.29 is 4.79 Å². The van der Waals surface area contributed by atoms with Crippen molar-refractivity contribution in [2.75, 3.05) is 45.2 Å². The smallest absolute Gasteiger partial charge is 0.319 e. The summed E-state index contributed by atoms with van der Waals surface area (Å²) in [6.07, 6.45) is 3.56. The van der Waals surface area contributed by atoms with Gasteiger partial charge in [-0.05, 0) is 43.2 Å². The Morgan fingerprint density at radius 1 is 1.33 bits per heavy atom. The number of carbonyl (C=O) groups excluding carboxylic acids is 1. The quantitative estimate of drug-likeness (QED) is 0.844. The highest BCUT2D eigenvalue weighted by atomic mass is 32.2. The second-order valence-corrected chi connectivity index (χ2v) is 6.73. The zero-order valence-corrected chi connectivity index (χ0v) is 12.3. The fourth-order valence-corrected chi connectivity index (χ4v) is 3.92. The molecular weight excluding hydrogens is 246 g/mol. The number of urea groups is 1. The first-order chi connectivity index (χ1) is 8.66.